The van der Waals surface area contributed by atoms with Crippen molar-refractivity contribution in [1.82, 2.24) is 0 Å². The zero-order valence-corrected chi connectivity index (χ0v) is 10.0. The number of thioether (sulfide) groups is 1. The Morgan fingerprint density at radius 1 is 1.35 bits per heavy atom. The first kappa shape index (κ1) is 9.83. The van der Waals surface area contributed by atoms with Gasteiger partial charge in [-0.05, 0) is 29.4 Å². The minimum atomic E-state index is 0.288. The fourth-order valence-corrected chi connectivity index (χ4v) is 4.14. The summed E-state index contributed by atoms with van der Waals surface area (Å²) in [6.07, 6.45) is 0.537. The molecule has 3 aliphatic rings. The Labute approximate surface area is 103 Å². The highest BCUT2D eigenvalue weighted by Crippen LogP contribution is 2.60. The molecule has 1 saturated carbocycles. The summed E-state index contributed by atoms with van der Waals surface area (Å²) in [5.41, 5.74) is 1.04. The Bertz CT molecular complexity index is 489. The fourth-order valence-electron chi connectivity index (χ4n) is 2.66. The number of ketones is 1. The van der Waals surface area contributed by atoms with Gasteiger partial charge in [-0.1, -0.05) is 6.07 Å². The Hall–Kier alpha value is -1.16. The summed E-state index contributed by atoms with van der Waals surface area (Å²) in [5, 5.41) is 0.650. The van der Waals surface area contributed by atoms with Crippen molar-refractivity contribution in [3.05, 3.63) is 23.8 Å². The molecule has 4 rings (SSSR count). The molecule has 2 fully saturated rings. The van der Waals surface area contributed by atoms with Crippen LogP contribution < -0.4 is 9.47 Å². The molecular formula is C13H12O3S. The molecule has 3 unspecified atom stereocenters. The highest BCUT2D eigenvalue weighted by Gasteiger charge is 2.60. The van der Waals surface area contributed by atoms with Gasteiger partial charge in [-0.3, -0.25) is 4.79 Å². The molecule has 4 heteroatoms. The van der Waals surface area contributed by atoms with Crippen LogP contribution in [0.4, 0.5) is 0 Å². The van der Waals surface area contributed by atoms with Crippen molar-refractivity contribution in [2.24, 2.45) is 11.8 Å². The summed E-state index contributed by atoms with van der Waals surface area (Å²) in [4.78, 5) is 12.1. The van der Waals surface area contributed by atoms with E-state index in [2.05, 4.69) is 0 Å². The lowest BCUT2D eigenvalue weighted by atomic mass is 10.0. The number of carbonyl (C=O) groups is 1. The van der Waals surface area contributed by atoms with E-state index in [1.54, 1.807) is 0 Å². The zero-order chi connectivity index (χ0) is 11.4. The number of Topliss-reactive ketones (excluding diaryl/α,β-unsaturated/α-hetero) is 1. The predicted molar refractivity (Wildman–Crippen MR) is 64.5 cm³/mol. The van der Waals surface area contributed by atoms with Gasteiger partial charge in [0.15, 0.2) is 11.5 Å². The summed E-state index contributed by atoms with van der Waals surface area (Å²) in [6, 6.07) is 5.78. The van der Waals surface area contributed by atoms with Crippen LogP contribution >= 0.6 is 11.8 Å². The van der Waals surface area contributed by atoms with Crippen molar-refractivity contribution in [1.29, 1.82) is 0 Å². The maximum absolute atomic E-state index is 12.1. The van der Waals surface area contributed by atoms with Gasteiger partial charge in [-0.2, -0.15) is 11.8 Å². The van der Waals surface area contributed by atoms with Crippen LogP contribution in [0, 0.1) is 11.8 Å². The topological polar surface area (TPSA) is 35.5 Å². The number of carbonyl (C=O) groups excluding carboxylic acids is 1. The third-order valence-electron chi connectivity index (χ3n) is 3.76. The highest BCUT2D eigenvalue weighted by molar-refractivity contribution is 8.01. The van der Waals surface area contributed by atoms with Crippen LogP contribution in [-0.4, -0.2) is 23.6 Å². The first-order valence-corrected chi connectivity index (χ1v) is 6.90. The van der Waals surface area contributed by atoms with E-state index in [1.165, 1.54) is 5.75 Å². The smallest absolute Gasteiger partial charge is 0.231 e. The third-order valence-corrected chi connectivity index (χ3v) is 5.37. The van der Waals surface area contributed by atoms with Crippen LogP contribution in [0.1, 0.15) is 5.56 Å². The molecule has 3 nitrogen and oxygen atoms in total. The van der Waals surface area contributed by atoms with Crippen LogP contribution in [0.25, 0.3) is 0 Å². The van der Waals surface area contributed by atoms with Gasteiger partial charge in [0.05, 0.1) is 0 Å². The molecule has 0 N–H and O–H groups in total. The van der Waals surface area contributed by atoms with Crippen molar-refractivity contribution in [3.63, 3.8) is 0 Å². The zero-order valence-electron chi connectivity index (χ0n) is 9.22. The fraction of sp³-hybridized carbons (Fsp3) is 0.462. The minimum absolute atomic E-state index is 0.288. The molecule has 17 heavy (non-hydrogen) atoms. The normalized spacial score (nSPS) is 31.6. The van der Waals surface area contributed by atoms with E-state index < -0.39 is 0 Å². The average Bonchev–Trinajstić information content (AvgIpc) is 2.67. The van der Waals surface area contributed by atoms with E-state index in [0.29, 0.717) is 29.3 Å². The lowest BCUT2D eigenvalue weighted by molar-refractivity contribution is -0.119. The van der Waals surface area contributed by atoms with Gasteiger partial charge < -0.3 is 9.47 Å². The first-order valence-electron chi connectivity index (χ1n) is 5.86. The monoisotopic (exact) mass is 248 g/mol. The van der Waals surface area contributed by atoms with Crippen molar-refractivity contribution < 1.29 is 14.3 Å². The number of rotatable bonds is 3. The van der Waals surface area contributed by atoms with Crippen LogP contribution in [0.2, 0.25) is 0 Å². The molecule has 1 saturated heterocycles. The van der Waals surface area contributed by atoms with Crippen LogP contribution in [0.3, 0.4) is 0 Å². The number of hydrogen-bond donors (Lipinski definition) is 0. The summed E-state index contributed by atoms with van der Waals surface area (Å²) in [5.74, 6) is 4.16. The summed E-state index contributed by atoms with van der Waals surface area (Å²) < 4.78 is 10.6. The van der Waals surface area contributed by atoms with Crippen molar-refractivity contribution in [2.75, 3.05) is 12.5 Å². The quantitative estimate of drug-likeness (QED) is 0.818. The third kappa shape index (κ3) is 1.47. The van der Waals surface area contributed by atoms with E-state index in [-0.39, 0.29) is 6.79 Å². The minimum Gasteiger partial charge on any atom is -0.454 e. The SMILES string of the molecule is O=C(Cc1ccc2c(c1)OCO2)C1C2CSC21. The van der Waals surface area contributed by atoms with E-state index in [0.717, 1.165) is 17.1 Å². The van der Waals surface area contributed by atoms with Crippen LogP contribution in [-0.2, 0) is 11.2 Å². The Morgan fingerprint density at radius 3 is 2.94 bits per heavy atom. The number of benzene rings is 1. The molecule has 1 aliphatic carbocycles. The molecule has 88 valence electrons. The second-order valence-corrected chi connectivity index (χ2v) is 6.03. The molecule has 0 bridgehead atoms. The van der Waals surface area contributed by atoms with Gasteiger partial charge in [0, 0.05) is 17.6 Å². The van der Waals surface area contributed by atoms with E-state index >= 15 is 0 Å². The van der Waals surface area contributed by atoms with Gasteiger partial charge in [0.2, 0.25) is 6.79 Å². The molecular weight excluding hydrogens is 236 g/mol. The standard InChI is InChI=1S/C13H12O3S/c14-9(12-8-5-17-13(8)12)3-7-1-2-10-11(4-7)16-6-15-10/h1-2,4,8,12-13H,3,5-6H2. The predicted octanol–water partition coefficient (Wildman–Crippen LogP) is 1.89. The van der Waals surface area contributed by atoms with Gasteiger partial charge in [-0.25, -0.2) is 0 Å². The van der Waals surface area contributed by atoms with Crippen molar-refractivity contribution >= 4 is 17.5 Å². The maximum atomic E-state index is 12.1. The van der Waals surface area contributed by atoms with Crippen LogP contribution in [0.15, 0.2) is 18.2 Å². The van der Waals surface area contributed by atoms with Gasteiger partial charge in [0.1, 0.15) is 5.78 Å². The lowest BCUT2D eigenvalue weighted by Gasteiger charge is -2.04. The Balaban J connectivity index is 1.50. The molecule has 1 aromatic carbocycles. The number of ether oxygens (including phenoxy) is 2. The lowest BCUT2D eigenvalue weighted by Crippen LogP contribution is -2.06. The average molecular weight is 248 g/mol. The number of hydrogen-bond acceptors (Lipinski definition) is 4. The molecule has 0 aromatic heterocycles. The summed E-state index contributed by atoms with van der Waals surface area (Å²) in [6.45, 7) is 0.288. The van der Waals surface area contributed by atoms with Crippen molar-refractivity contribution in [2.45, 2.75) is 11.7 Å². The van der Waals surface area contributed by atoms with Gasteiger partial charge in [-0.15, -0.1) is 0 Å². The molecule has 1 aromatic rings. The number of fused-ring (bicyclic) bond motifs is 2. The molecule has 2 aliphatic heterocycles. The van der Waals surface area contributed by atoms with Gasteiger partial charge in [0.25, 0.3) is 0 Å². The molecule has 0 spiro atoms. The van der Waals surface area contributed by atoms with Crippen molar-refractivity contribution in [3.8, 4) is 11.5 Å². The largest absolute Gasteiger partial charge is 0.454 e. The highest BCUT2D eigenvalue weighted by atomic mass is 32.2. The first-order chi connectivity index (χ1) is 8.33. The van der Waals surface area contributed by atoms with E-state index in [4.69, 9.17) is 9.47 Å². The van der Waals surface area contributed by atoms with E-state index in [9.17, 15) is 4.79 Å². The summed E-state index contributed by atoms with van der Waals surface area (Å²) >= 11 is 1.94. The Kier molecular flexibility index (Phi) is 1.98. The molecule has 2 heterocycles. The van der Waals surface area contributed by atoms with E-state index in [1.807, 2.05) is 30.0 Å². The van der Waals surface area contributed by atoms with Gasteiger partial charge >= 0.3 is 0 Å². The maximum Gasteiger partial charge on any atom is 0.231 e. The second kappa shape index (κ2) is 3.42. The molecule has 3 atom stereocenters. The Morgan fingerprint density at radius 2 is 2.18 bits per heavy atom. The molecule has 0 amide bonds. The van der Waals surface area contributed by atoms with Crippen LogP contribution in [0.5, 0.6) is 11.5 Å². The summed E-state index contributed by atoms with van der Waals surface area (Å²) in [7, 11) is 0. The molecule has 0 radical (unpaired) electrons. The second-order valence-electron chi connectivity index (χ2n) is 4.82.